The largest absolute Gasteiger partial charge is 0.250 e. The first-order valence-corrected chi connectivity index (χ1v) is 8.11. The van der Waals surface area contributed by atoms with E-state index in [1.165, 1.54) is 5.56 Å². The van der Waals surface area contributed by atoms with Gasteiger partial charge in [-0.3, -0.25) is 0 Å². The van der Waals surface area contributed by atoms with Crippen LogP contribution in [0.4, 0.5) is 0 Å². The van der Waals surface area contributed by atoms with Crippen LogP contribution in [0.5, 0.6) is 0 Å². The van der Waals surface area contributed by atoms with Crippen molar-refractivity contribution in [1.29, 1.82) is 0 Å². The van der Waals surface area contributed by atoms with Crippen LogP contribution in [0.1, 0.15) is 31.2 Å². The third-order valence-electron chi connectivity index (χ3n) is 3.19. The zero-order valence-electron chi connectivity index (χ0n) is 11.8. The number of hydrogen-bond donors (Lipinski definition) is 0. The molecule has 0 fully saturated rings. The lowest BCUT2D eigenvalue weighted by molar-refractivity contribution is 0.461. The maximum absolute atomic E-state index is 6.17. The van der Waals surface area contributed by atoms with E-state index in [0.717, 1.165) is 23.3 Å². The Balaban J connectivity index is 2.19. The zero-order chi connectivity index (χ0) is 14.5. The second kappa shape index (κ2) is 7.23. The average Bonchev–Trinajstić information content (AvgIpc) is 2.83. The Kier molecular flexibility index (Phi) is 5.61. The maximum Gasteiger partial charge on any atom is 0.138 e. The zero-order valence-corrected chi connectivity index (χ0v) is 14.1. The molecule has 1 aromatic heterocycles. The summed E-state index contributed by atoms with van der Waals surface area (Å²) >= 11 is 9.77. The molecule has 1 aromatic carbocycles. The predicted molar refractivity (Wildman–Crippen MR) is 86.2 cm³/mol. The summed E-state index contributed by atoms with van der Waals surface area (Å²) in [7, 11) is 0. The van der Waals surface area contributed by atoms with E-state index in [1.807, 2.05) is 22.9 Å². The summed E-state index contributed by atoms with van der Waals surface area (Å²) in [6.07, 6.45) is 2.43. The highest BCUT2D eigenvalue weighted by molar-refractivity contribution is 9.10. The maximum atomic E-state index is 6.17. The fourth-order valence-corrected chi connectivity index (χ4v) is 3.10. The van der Waals surface area contributed by atoms with Crippen molar-refractivity contribution >= 4 is 27.5 Å². The van der Waals surface area contributed by atoms with Gasteiger partial charge in [0.2, 0.25) is 0 Å². The van der Waals surface area contributed by atoms with Gasteiger partial charge in [-0.25, -0.2) is 9.67 Å². The quantitative estimate of drug-likeness (QED) is 0.724. The first kappa shape index (κ1) is 15.5. The van der Waals surface area contributed by atoms with E-state index in [2.05, 4.69) is 45.9 Å². The molecule has 2 rings (SSSR count). The van der Waals surface area contributed by atoms with Gasteiger partial charge in [0, 0.05) is 29.2 Å². The number of hydrogen-bond acceptors (Lipinski definition) is 2. The van der Waals surface area contributed by atoms with Crippen molar-refractivity contribution < 1.29 is 0 Å². The number of rotatable bonds is 6. The van der Waals surface area contributed by atoms with Gasteiger partial charge >= 0.3 is 0 Å². The van der Waals surface area contributed by atoms with Crippen molar-refractivity contribution in [3.05, 3.63) is 46.5 Å². The van der Waals surface area contributed by atoms with Gasteiger partial charge in [0.1, 0.15) is 12.2 Å². The first-order valence-electron chi connectivity index (χ1n) is 6.79. The minimum absolute atomic E-state index is 0.238. The molecule has 108 valence electrons. The van der Waals surface area contributed by atoms with Crippen LogP contribution in [0.15, 0.2) is 35.1 Å². The first-order chi connectivity index (χ1) is 9.61. The van der Waals surface area contributed by atoms with Gasteiger partial charge in [-0.2, -0.15) is 5.10 Å². The molecule has 3 nitrogen and oxygen atoms in total. The monoisotopic (exact) mass is 355 g/mol. The molecule has 0 bridgehead atoms. The highest BCUT2D eigenvalue weighted by Gasteiger charge is 2.17. The van der Waals surface area contributed by atoms with Crippen LogP contribution in [0.25, 0.3) is 0 Å². The number of nitrogens with zero attached hydrogens (tertiary/aromatic N) is 3. The van der Waals surface area contributed by atoms with Crippen LogP contribution in [-0.2, 0) is 13.0 Å². The molecule has 1 unspecified atom stereocenters. The highest BCUT2D eigenvalue weighted by Crippen LogP contribution is 2.28. The molecular weight excluding hydrogens is 338 g/mol. The fourth-order valence-electron chi connectivity index (χ4n) is 2.22. The molecule has 1 heterocycles. The normalized spacial score (nSPS) is 12.8. The fraction of sp³-hybridized carbons (Fsp3) is 0.467. The van der Waals surface area contributed by atoms with Crippen molar-refractivity contribution in [3.63, 3.8) is 0 Å². The van der Waals surface area contributed by atoms with Crippen LogP contribution in [0.2, 0.25) is 0 Å². The van der Waals surface area contributed by atoms with Gasteiger partial charge in [0.15, 0.2) is 0 Å². The standard InChI is InChI=1S/C15H19BrClN3/c1-11(2)9-20-15(18-10-19-20)7-12(8-17)13-5-3-4-6-14(13)16/h3-6,10-12H,7-9H2,1-2H3. The van der Waals surface area contributed by atoms with E-state index in [0.29, 0.717) is 11.8 Å². The lowest BCUT2D eigenvalue weighted by atomic mass is 9.97. The van der Waals surface area contributed by atoms with Crippen LogP contribution in [0.3, 0.4) is 0 Å². The van der Waals surface area contributed by atoms with Gasteiger partial charge < -0.3 is 0 Å². The Morgan fingerprint density at radius 3 is 2.70 bits per heavy atom. The molecule has 5 heteroatoms. The molecule has 0 saturated carbocycles. The topological polar surface area (TPSA) is 30.7 Å². The summed E-state index contributed by atoms with van der Waals surface area (Å²) in [5, 5.41) is 4.31. The molecule has 0 saturated heterocycles. The Morgan fingerprint density at radius 2 is 2.05 bits per heavy atom. The smallest absolute Gasteiger partial charge is 0.138 e. The summed E-state index contributed by atoms with van der Waals surface area (Å²) in [5.41, 5.74) is 1.22. The molecular formula is C15H19BrClN3. The number of halogens is 2. The number of aromatic nitrogens is 3. The van der Waals surface area contributed by atoms with Crippen LogP contribution < -0.4 is 0 Å². The SMILES string of the molecule is CC(C)Cn1ncnc1CC(CCl)c1ccccc1Br. The molecule has 0 N–H and O–H groups in total. The minimum atomic E-state index is 0.238. The van der Waals surface area contributed by atoms with Crippen molar-refractivity contribution in [2.75, 3.05) is 5.88 Å². The molecule has 20 heavy (non-hydrogen) atoms. The molecule has 0 amide bonds. The van der Waals surface area contributed by atoms with E-state index in [1.54, 1.807) is 6.33 Å². The van der Waals surface area contributed by atoms with Crippen molar-refractivity contribution in [1.82, 2.24) is 14.8 Å². The van der Waals surface area contributed by atoms with E-state index in [4.69, 9.17) is 11.6 Å². The second-order valence-electron chi connectivity index (χ2n) is 5.33. The third-order valence-corrected chi connectivity index (χ3v) is 4.29. The Labute approximate surface area is 133 Å². The summed E-state index contributed by atoms with van der Waals surface area (Å²) in [6.45, 7) is 5.25. The van der Waals surface area contributed by atoms with Gasteiger partial charge in [-0.1, -0.05) is 48.0 Å². The van der Waals surface area contributed by atoms with Gasteiger partial charge in [0.25, 0.3) is 0 Å². The Bertz CT molecular complexity index is 554. The molecule has 0 aliphatic rings. The van der Waals surface area contributed by atoms with E-state index >= 15 is 0 Å². The summed E-state index contributed by atoms with van der Waals surface area (Å²) in [5.74, 6) is 2.35. The second-order valence-corrected chi connectivity index (χ2v) is 6.49. The summed E-state index contributed by atoms with van der Waals surface area (Å²) in [6, 6.07) is 8.21. The lowest BCUT2D eigenvalue weighted by Gasteiger charge is -2.16. The summed E-state index contributed by atoms with van der Waals surface area (Å²) < 4.78 is 3.08. The van der Waals surface area contributed by atoms with Crippen molar-refractivity contribution in [2.45, 2.75) is 32.7 Å². The van der Waals surface area contributed by atoms with Crippen molar-refractivity contribution in [2.24, 2.45) is 5.92 Å². The van der Waals surface area contributed by atoms with Gasteiger partial charge in [0.05, 0.1) is 0 Å². The summed E-state index contributed by atoms with van der Waals surface area (Å²) in [4.78, 5) is 4.39. The van der Waals surface area contributed by atoms with E-state index < -0.39 is 0 Å². The van der Waals surface area contributed by atoms with Crippen molar-refractivity contribution in [3.8, 4) is 0 Å². The molecule has 0 radical (unpaired) electrons. The Hall–Kier alpha value is -0.870. The van der Waals surface area contributed by atoms with E-state index in [9.17, 15) is 0 Å². The highest BCUT2D eigenvalue weighted by atomic mass is 79.9. The number of alkyl halides is 1. The lowest BCUT2D eigenvalue weighted by Crippen LogP contribution is -2.14. The van der Waals surface area contributed by atoms with Crippen LogP contribution in [-0.4, -0.2) is 20.6 Å². The Morgan fingerprint density at radius 1 is 1.30 bits per heavy atom. The van der Waals surface area contributed by atoms with Gasteiger partial charge in [-0.05, 0) is 17.5 Å². The number of benzene rings is 1. The molecule has 0 spiro atoms. The predicted octanol–water partition coefficient (Wildman–Crippen LogP) is 4.26. The average molecular weight is 357 g/mol. The van der Waals surface area contributed by atoms with Crippen LogP contribution in [0, 0.1) is 5.92 Å². The minimum Gasteiger partial charge on any atom is -0.250 e. The van der Waals surface area contributed by atoms with Gasteiger partial charge in [-0.15, -0.1) is 11.6 Å². The molecule has 0 aliphatic heterocycles. The third kappa shape index (κ3) is 3.83. The van der Waals surface area contributed by atoms with E-state index in [-0.39, 0.29) is 5.92 Å². The molecule has 2 aromatic rings. The molecule has 0 aliphatic carbocycles. The molecule has 1 atom stereocenters. The van der Waals surface area contributed by atoms with Crippen LogP contribution >= 0.6 is 27.5 Å².